The molecule has 2 aromatic rings. The van der Waals surface area contributed by atoms with Crippen LogP contribution in [0.4, 0.5) is 4.79 Å². The molecule has 32 heavy (non-hydrogen) atoms. The molecule has 0 saturated carbocycles. The quantitative estimate of drug-likeness (QED) is 0.408. The Morgan fingerprint density at radius 1 is 1.03 bits per heavy atom. The first-order valence-electron chi connectivity index (χ1n) is 11.1. The van der Waals surface area contributed by atoms with Crippen LogP contribution < -0.4 is 10.6 Å². The third kappa shape index (κ3) is 9.49. The van der Waals surface area contributed by atoms with E-state index in [1.54, 1.807) is 4.90 Å². The molecule has 0 unspecified atom stereocenters. The van der Waals surface area contributed by atoms with Crippen molar-refractivity contribution in [3.63, 3.8) is 0 Å². The SMILES string of the molecule is CCOCCCNC(=O)c1coc(CN(CCCOCC)C(=O)NCc2ccccc2)n1. The van der Waals surface area contributed by atoms with Crippen LogP contribution in [0, 0.1) is 0 Å². The number of rotatable bonds is 15. The molecule has 9 nitrogen and oxygen atoms in total. The van der Waals surface area contributed by atoms with E-state index in [0.29, 0.717) is 58.4 Å². The highest BCUT2D eigenvalue weighted by Crippen LogP contribution is 2.08. The zero-order chi connectivity index (χ0) is 23.0. The first kappa shape index (κ1) is 25.4. The number of nitrogens with one attached hydrogen (secondary N) is 2. The van der Waals surface area contributed by atoms with Gasteiger partial charge < -0.3 is 29.4 Å². The fourth-order valence-corrected chi connectivity index (χ4v) is 2.90. The largest absolute Gasteiger partial charge is 0.446 e. The van der Waals surface area contributed by atoms with Gasteiger partial charge in [0.15, 0.2) is 5.69 Å². The van der Waals surface area contributed by atoms with E-state index in [1.165, 1.54) is 6.26 Å². The highest BCUT2D eigenvalue weighted by molar-refractivity contribution is 5.91. The molecule has 0 saturated heterocycles. The summed E-state index contributed by atoms with van der Waals surface area (Å²) in [6.45, 7) is 7.83. The lowest BCUT2D eigenvalue weighted by Gasteiger charge is -2.21. The zero-order valence-corrected chi connectivity index (χ0v) is 19.0. The molecule has 1 aromatic heterocycles. The Hall–Kier alpha value is -2.91. The van der Waals surface area contributed by atoms with Crippen molar-refractivity contribution in [1.82, 2.24) is 20.5 Å². The Balaban J connectivity index is 1.90. The summed E-state index contributed by atoms with van der Waals surface area (Å²) in [5.41, 5.74) is 1.20. The molecule has 0 bridgehead atoms. The molecule has 2 rings (SSSR count). The van der Waals surface area contributed by atoms with Gasteiger partial charge in [-0.2, -0.15) is 0 Å². The van der Waals surface area contributed by atoms with Crippen LogP contribution in [0.2, 0.25) is 0 Å². The molecular weight excluding hydrogens is 412 g/mol. The van der Waals surface area contributed by atoms with Gasteiger partial charge in [0.25, 0.3) is 5.91 Å². The van der Waals surface area contributed by atoms with E-state index in [2.05, 4.69) is 15.6 Å². The standard InChI is InChI=1S/C23H34N4O5/c1-3-30-14-8-12-24-22(28)20-18-32-21(26-20)17-27(13-9-15-31-4-2)23(29)25-16-19-10-6-5-7-11-19/h5-7,10-11,18H,3-4,8-9,12-17H2,1-2H3,(H,24,28)(H,25,29). The van der Waals surface area contributed by atoms with Crippen LogP contribution in [0.5, 0.6) is 0 Å². The summed E-state index contributed by atoms with van der Waals surface area (Å²) in [6, 6.07) is 9.46. The molecule has 0 fully saturated rings. The molecule has 3 amide bonds. The second kappa shape index (κ2) is 15.0. The molecule has 0 aliphatic carbocycles. The van der Waals surface area contributed by atoms with E-state index in [9.17, 15) is 9.59 Å². The predicted octanol–water partition coefficient (Wildman–Crippen LogP) is 2.97. The second-order valence-corrected chi connectivity index (χ2v) is 7.05. The van der Waals surface area contributed by atoms with Gasteiger partial charge in [-0.3, -0.25) is 4.79 Å². The maximum Gasteiger partial charge on any atom is 0.318 e. The Labute approximate surface area is 189 Å². The summed E-state index contributed by atoms with van der Waals surface area (Å²) in [5.74, 6) is -0.0105. The number of benzene rings is 1. The molecule has 1 aromatic carbocycles. The molecule has 176 valence electrons. The first-order chi connectivity index (χ1) is 15.6. The monoisotopic (exact) mass is 446 g/mol. The van der Waals surface area contributed by atoms with Crippen molar-refractivity contribution in [1.29, 1.82) is 0 Å². The topological polar surface area (TPSA) is 106 Å². The molecule has 0 spiro atoms. The molecule has 0 aliphatic heterocycles. The molecule has 0 atom stereocenters. The Morgan fingerprint density at radius 2 is 1.75 bits per heavy atom. The molecule has 0 aliphatic rings. The van der Waals surface area contributed by atoms with E-state index in [4.69, 9.17) is 13.9 Å². The Morgan fingerprint density at radius 3 is 2.47 bits per heavy atom. The summed E-state index contributed by atoms with van der Waals surface area (Å²) in [6.07, 6.45) is 2.72. The molecular formula is C23H34N4O5. The van der Waals surface area contributed by atoms with Gasteiger partial charge in [0.2, 0.25) is 5.89 Å². The smallest absolute Gasteiger partial charge is 0.318 e. The van der Waals surface area contributed by atoms with Gasteiger partial charge in [0.05, 0.1) is 6.54 Å². The molecule has 2 N–H and O–H groups in total. The average molecular weight is 447 g/mol. The second-order valence-electron chi connectivity index (χ2n) is 7.05. The van der Waals surface area contributed by atoms with Crippen molar-refractivity contribution >= 4 is 11.9 Å². The number of hydrogen-bond acceptors (Lipinski definition) is 6. The highest BCUT2D eigenvalue weighted by atomic mass is 16.5. The van der Waals surface area contributed by atoms with E-state index in [-0.39, 0.29) is 24.2 Å². The van der Waals surface area contributed by atoms with E-state index >= 15 is 0 Å². The lowest BCUT2D eigenvalue weighted by atomic mass is 10.2. The van der Waals surface area contributed by atoms with Gasteiger partial charge in [-0.25, -0.2) is 9.78 Å². The molecule has 0 radical (unpaired) electrons. The number of amides is 3. The maximum atomic E-state index is 12.8. The third-order valence-electron chi connectivity index (χ3n) is 4.56. The van der Waals surface area contributed by atoms with Crippen LogP contribution in [0.3, 0.4) is 0 Å². The minimum Gasteiger partial charge on any atom is -0.446 e. The first-order valence-corrected chi connectivity index (χ1v) is 11.1. The van der Waals surface area contributed by atoms with Crippen molar-refractivity contribution in [3.05, 3.63) is 53.7 Å². The number of urea groups is 1. The zero-order valence-electron chi connectivity index (χ0n) is 19.0. The van der Waals surface area contributed by atoms with Gasteiger partial charge >= 0.3 is 6.03 Å². The van der Waals surface area contributed by atoms with Crippen molar-refractivity contribution in [2.45, 2.75) is 39.8 Å². The lowest BCUT2D eigenvalue weighted by Crippen LogP contribution is -2.40. The number of aromatic nitrogens is 1. The van der Waals surface area contributed by atoms with E-state index in [1.807, 2.05) is 44.2 Å². The lowest BCUT2D eigenvalue weighted by molar-refractivity contribution is 0.0939. The summed E-state index contributed by atoms with van der Waals surface area (Å²) >= 11 is 0. The van der Waals surface area contributed by atoms with Crippen molar-refractivity contribution in [2.24, 2.45) is 0 Å². The minimum absolute atomic E-state index is 0.157. The maximum absolute atomic E-state index is 12.8. The van der Waals surface area contributed by atoms with Crippen LogP contribution in [0.15, 0.2) is 41.0 Å². The predicted molar refractivity (Wildman–Crippen MR) is 120 cm³/mol. The Bertz CT molecular complexity index is 797. The molecule has 9 heteroatoms. The van der Waals surface area contributed by atoms with Crippen LogP contribution in [0.1, 0.15) is 48.6 Å². The number of carbonyl (C=O) groups excluding carboxylic acids is 2. The van der Waals surface area contributed by atoms with Crippen molar-refractivity contribution < 1.29 is 23.5 Å². The summed E-state index contributed by atoms with van der Waals surface area (Å²) in [4.78, 5) is 30.9. The Kier molecular flexibility index (Phi) is 11.9. The summed E-state index contributed by atoms with van der Waals surface area (Å²) in [7, 11) is 0. The van der Waals surface area contributed by atoms with Gasteiger partial charge in [0, 0.05) is 46.1 Å². The normalized spacial score (nSPS) is 10.7. The van der Waals surface area contributed by atoms with Crippen LogP contribution >= 0.6 is 0 Å². The van der Waals surface area contributed by atoms with Crippen LogP contribution in [0.25, 0.3) is 0 Å². The fraction of sp³-hybridized carbons (Fsp3) is 0.522. The van der Waals surface area contributed by atoms with Gasteiger partial charge in [0.1, 0.15) is 6.26 Å². The van der Waals surface area contributed by atoms with Crippen LogP contribution in [-0.2, 0) is 22.6 Å². The number of carbonyl (C=O) groups is 2. The number of nitrogens with zero attached hydrogens (tertiary/aromatic N) is 2. The van der Waals surface area contributed by atoms with Crippen LogP contribution in [-0.4, -0.2) is 61.3 Å². The summed E-state index contributed by atoms with van der Waals surface area (Å²) in [5, 5.41) is 5.70. The minimum atomic E-state index is -0.312. The molecule has 1 heterocycles. The van der Waals surface area contributed by atoms with E-state index in [0.717, 1.165) is 12.0 Å². The third-order valence-corrected chi connectivity index (χ3v) is 4.56. The fourth-order valence-electron chi connectivity index (χ4n) is 2.90. The van der Waals surface area contributed by atoms with Crippen molar-refractivity contribution in [2.75, 3.05) is 39.5 Å². The van der Waals surface area contributed by atoms with Gasteiger partial charge in [-0.05, 0) is 32.3 Å². The number of oxazole rings is 1. The number of ether oxygens (including phenoxy) is 2. The average Bonchev–Trinajstić information content (AvgIpc) is 3.28. The number of hydrogen-bond donors (Lipinski definition) is 2. The van der Waals surface area contributed by atoms with Gasteiger partial charge in [-0.15, -0.1) is 0 Å². The van der Waals surface area contributed by atoms with Gasteiger partial charge in [-0.1, -0.05) is 30.3 Å². The summed E-state index contributed by atoms with van der Waals surface area (Å²) < 4.78 is 16.1. The van der Waals surface area contributed by atoms with Crippen molar-refractivity contribution in [3.8, 4) is 0 Å². The van der Waals surface area contributed by atoms with E-state index < -0.39 is 0 Å². The highest BCUT2D eigenvalue weighted by Gasteiger charge is 2.18.